The molecule has 2 heterocycles. The summed E-state index contributed by atoms with van der Waals surface area (Å²) >= 11 is 0. The number of nitrogens with one attached hydrogen (secondary N) is 2. The third-order valence-electron chi connectivity index (χ3n) is 4.85. The van der Waals surface area contributed by atoms with Gasteiger partial charge >= 0.3 is 0 Å². The first-order chi connectivity index (χ1) is 15.6. The molecule has 1 aromatic carbocycles. The number of hydrogen-bond donors (Lipinski definition) is 2. The summed E-state index contributed by atoms with van der Waals surface area (Å²) in [4.78, 5) is 20.6. The van der Waals surface area contributed by atoms with Gasteiger partial charge in [0, 0.05) is 31.6 Å². The van der Waals surface area contributed by atoms with Crippen LogP contribution >= 0.6 is 0 Å². The van der Waals surface area contributed by atoms with Gasteiger partial charge in [-0.05, 0) is 52.9 Å². The van der Waals surface area contributed by atoms with E-state index in [0.29, 0.717) is 12.4 Å². The SMILES string of the molecule is CC(C)(C)c1ccc(S(=O)(=O)NCCC(=O)Nc2ncccc2OCc2ccncc2)cc1. The number of nitrogens with zero attached hydrogens (tertiary/aromatic N) is 2. The van der Waals surface area contributed by atoms with Crippen LogP contribution in [0.5, 0.6) is 5.75 Å². The number of hydrogen-bond acceptors (Lipinski definition) is 6. The molecule has 3 rings (SSSR count). The predicted molar refractivity (Wildman–Crippen MR) is 126 cm³/mol. The first kappa shape index (κ1) is 24.3. The Kier molecular flexibility index (Phi) is 7.78. The Hall–Kier alpha value is -3.30. The van der Waals surface area contributed by atoms with Crippen LogP contribution in [0.15, 0.2) is 72.0 Å². The monoisotopic (exact) mass is 468 g/mol. The normalized spacial score (nSPS) is 11.7. The maximum Gasteiger partial charge on any atom is 0.240 e. The van der Waals surface area contributed by atoms with Crippen LogP contribution in [0.2, 0.25) is 0 Å². The Balaban J connectivity index is 1.53. The van der Waals surface area contributed by atoms with Crippen molar-refractivity contribution in [2.75, 3.05) is 11.9 Å². The second-order valence-corrected chi connectivity index (χ2v) is 10.2. The highest BCUT2D eigenvalue weighted by molar-refractivity contribution is 7.89. The van der Waals surface area contributed by atoms with Gasteiger partial charge in [0.25, 0.3) is 0 Å². The van der Waals surface area contributed by atoms with Crippen LogP contribution in [0.25, 0.3) is 0 Å². The Morgan fingerprint density at radius 3 is 2.36 bits per heavy atom. The van der Waals surface area contributed by atoms with E-state index in [0.717, 1.165) is 11.1 Å². The highest BCUT2D eigenvalue weighted by Gasteiger charge is 2.18. The van der Waals surface area contributed by atoms with Crippen molar-refractivity contribution in [3.05, 3.63) is 78.2 Å². The van der Waals surface area contributed by atoms with Crippen molar-refractivity contribution < 1.29 is 17.9 Å². The molecule has 3 aromatic rings. The van der Waals surface area contributed by atoms with Gasteiger partial charge in [-0.15, -0.1) is 0 Å². The highest BCUT2D eigenvalue weighted by Crippen LogP contribution is 2.24. The van der Waals surface area contributed by atoms with E-state index >= 15 is 0 Å². The molecule has 0 aliphatic heterocycles. The van der Waals surface area contributed by atoms with E-state index in [1.807, 2.05) is 12.1 Å². The van der Waals surface area contributed by atoms with Crippen LogP contribution in [0.3, 0.4) is 0 Å². The molecule has 9 heteroatoms. The largest absolute Gasteiger partial charge is 0.485 e. The van der Waals surface area contributed by atoms with Crippen molar-refractivity contribution in [3.8, 4) is 5.75 Å². The second-order valence-electron chi connectivity index (χ2n) is 8.46. The standard InChI is InChI=1S/C24H28N4O4S/c1-24(2,3)19-6-8-20(9-7-19)33(30,31)27-16-12-22(29)28-23-21(5-4-13-26-23)32-17-18-10-14-25-15-11-18/h4-11,13-15,27H,12,16-17H2,1-3H3,(H,26,28,29). The number of sulfonamides is 1. The summed E-state index contributed by atoms with van der Waals surface area (Å²) in [6.07, 6.45) is 4.83. The van der Waals surface area contributed by atoms with Gasteiger partial charge in [-0.1, -0.05) is 32.9 Å². The lowest BCUT2D eigenvalue weighted by Crippen LogP contribution is -2.28. The van der Waals surface area contributed by atoms with Crippen molar-refractivity contribution in [2.24, 2.45) is 0 Å². The molecule has 0 spiro atoms. The molecule has 1 amide bonds. The molecule has 8 nitrogen and oxygen atoms in total. The van der Waals surface area contributed by atoms with Crippen LogP contribution in [-0.2, 0) is 26.8 Å². The summed E-state index contributed by atoms with van der Waals surface area (Å²) < 4.78 is 33.3. The van der Waals surface area contributed by atoms with E-state index in [4.69, 9.17) is 4.74 Å². The second kappa shape index (κ2) is 10.5. The maximum absolute atomic E-state index is 12.5. The minimum atomic E-state index is -3.71. The van der Waals surface area contributed by atoms with E-state index in [1.54, 1.807) is 55.0 Å². The quantitative estimate of drug-likeness (QED) is 0.496. The van der Waals surface area contributed by atoms with Gasteiger partial charge in [-0.3, -0.25) is 9.78 Å². The summed E-state index contributed by atoms with van der Waals surface area (Å²) in [5, 5.41) is 2.67. The zero-order valence-corrected chi connectivity index (χ0v) is 19.7. The van der Waals surface area contributed by atoms with Crippen LogP contribution in [0.1, 0.15) is 38.3 Å². The lowest BCUT2D eigenvalue weighted by atomic mass is 9.87. The molecule has 0 fully saturated rings. The van der Waals surface area contributed by atoms with Gasteiger partial charge in [-0.2, -0.15) is 0 Å². The number of aromatic nitrogens is 2. The zero-order chi connectivity index (χ0) is 23.9. The first-order valence-electron chi connectivity index (χ1n) is 10.5. The Morgan fingerprint density at radius 2 is 1.70 bits per heavy atom. The molecule has 2 N–H and O–H groups in total. The van der Waals surface area contributed by atoms with Crippen molar-refractivity contribution >= 4 is 21.7 Å². The van der Waals surface area contributed by atoms with Gasteiger partial charge in [0.2, 0.25) is 15.9 Å². The number of amides is 1. The molecule has 174 valence electrons. The molecular formula is C24H28N4O4S. The van der Waals surface area contributed by atoms with E-state index in [1.165, 1.54) is 0 Å². The van der Waals surface area contributed by atoms with E-state index in [9.17, 15) is 13.2 Å². The van der Waals surface area contributed by atoms with Crippen molar-refractivity contribution in [1.82, 2.24) is 14.7 Å². The lowest BCUT2D eigenvalue weighted by molar-refractivity contribution is -0.116. The summed E-state index contributed by atoms with van der Waals surface area (Å²) in [5.74, 6) is 0.313. The number of ether oxygens (including phenoxy) is 1. The Labute approximate surface area is 194 Å². The van der Waals surface area contributed by atoms with E-state index in [-0.39, 0.29) is 35.0 Å². The molecule has 0 aliphatic rings. The van der Waals surface area contributed by atoms with Crippen molar-refractivity contribution in [1.29, 1.82) is 0 Å². The fraction of sp³-hybridized carbons (Fsp3) is 0.292. The molecular weight excluding hydrogens is 440 g/mol. The maximum atomic E-state index is 12.5. The van der Waals surface area contributed by atoms with Crippen LogP contribution < -0.4 is 14.8 Å². The molecule has 33 heavy (non-hydrogen) atoms. The summed E-state index contributed by atoms with van der Waals surface area (Å²) in [7, 11) is -3.71. The minimum absolute atomic E-state index is 0.0464. The fourth-order valence-corrected chi connectivity index (χ4v) is 3.98. The third kappa shape index (κ3) is 7.10. The summed E-state index contributed by atoms with van der Waals surface area (Å²) in [6, 6.07) is 13.8. The molecule has 0 saturated carbocycles. The molecule has 0 unspecified atom stereocenters. The van der Waals surface area contributed by atoms with Gasteiger partial charge < -0.3 is 10.1 Å². The minimum Gasteiger partial charge on any atom is -0.485 e. The number of benzene rings is 1. The zero-order valence-electron chi connectivity index (χ0n) is 18.9. The first-order valence-corrected chi connectivity index (χ1v) is 12.0. The molecule has 0 aliphatic carbocycles. The van der Waals surface area contributed by atoms with Crippen molar-refractivity contribution in [2.45, 2.75) is 44.1 Å². The summed E-state index contributed by atoms with van der Waals surface area (Å²) in [6.45, 7) is 6.43. The van der Waals surface area contributed by atoms with Gasteiger partial charge in [0.1, 0.15) is 6.61 Å². The average molecular weight is 469 g/mol. The number of rotatable bonds is 9. The Bertz CT molecular complexity index is 1180. The van der Waals surface area contributed by atoms with E-state index < -0.39 is 10.0 Å². The van der Waals surface area contributed by atoms with E-state index in [2.05, 4.69) is 40.8 Å². The van der Waals surface area contributed by atoms with Gasteiger partial charge in [0.05, 0.1) is 4.90 Å². The molecule has 0 bridgehead atoms. The number of pyridine rings is 2. The lowest BCUT2D eigenvalue weighted by Gasteiger charge is -2.19. The molecule has 2 aromatic heterocycles. The van der Waals surface area contributed by atoms with Gasteiger partial charge in [-0.25, -0.2) is 18.1 Å². The molecule has 0 radical (unpaired) electrons. The van der Waals surface area contributed by atoms with Crippen LogP contribution in [0, 0.1) is 0 Å². The fourth-order valence-electron chi connectivity index (χ4n) is 2.95. The topological polar surface area (TPSA) is 110 Å². The van der Waals surface area contributed by atoms with Crippen molar-refractivity contribution in [3.63, 3.8) is 0 Å². The Morgan fingerprint density at radius 1 is 1.00 bits per heavy atom. The molecule has 0 atom stereocenters. The summed E-state index contributed by atoms with van der Waals surface area (Å²) in [5.41, 5.74) is 1.90. The molecule has 0 saturated heterocycles. The predicted octanol–water partition coefficient (Wildman–Crippen LogP) is 3.66. The highest BCUT2D eigenvalue weighted by atomic mass is 32.2. The average Bonchev–Trinajstić information content (AvgIpc) is 2.78. The van der Waals surface area contributed by atoms with Crippen LogP contribution in [0.4, 0.5) is 5.82 Å². The smallest absolute Gasteiger partial charge is 0.240 e. The van der Waals surface area contributed by atoms with Crippen LogP contribution in [-0.4, -0.2) is 30.8 Å². The number of carbonyl (C=O) groups excluding carboxylic acids is 1. The number of anilines is 1. The third-order valence-corrected chi connectivity index (χ3v) is 6.32. The number of carbonyl (C=O) groups is 1. The van der Waals surface area contributed by atoms with Gasteiger partial charge in [0.15, 0.2) is 11.6 Å².